The van der Waals surface area contributed by atoms with E-state index in [2.05, 4.69) is 5.10 Å². The molecule has 0 spiro atoms. The molecule has 1 aromatic heterocycles. The summed E-state index contributed by atoms with van der Waals surface area (Å²) in [7, 11) is 1.62. The molecule has 1 amide bonds. The number of nitrogens with zero attached hydrogens (tertiary/aromatic N) is 3. The van der Waals surface area contributed by atoms with Gasteiger partial charge in [-0.05, 0) is 49.2 Å². The van der Waals surface area contributed by atoms with Gasteiger partial charge in [0, 0.05) is 19.3 Å². The van der Waals surface area contributed by atoms with Crippen molar-refractivity contribution in [3.8, 4) is 11.4 Å². The van der Waals surface area contributed by atoms with E-state index in [0.717, 1.165) is 23.2 Å². The van der Waals surface area contributed by atoms with Gasteiger partial charge in [0.25, 0.3) is 5.91 Å². The first kappa shape index (κ1) is 22.5. The number of benzene rings is 2. The molecule has 3 aromatic rings. The molecule has 0 bridgehead atoms. The molecule has 0 radical (unpaired) electrons. The third-order valence-corrected chi connectivity index (χ3v) is 4.52. The molecule has 6 nitrogen and oxygen atoms in total. The molecule has 2 aromatic carbocycles. The minimum atomic E-state index is -0.109. The van der Waals surface area contributed by atoms with Crippen LogP contribution >= 0.6 is 12.4 Å². The third-order valence-electron chi connectivity index (χ3n) is 4.52. The van der Waals surface area contributed by atoms with E-state index >= 15 is 0 Å². The zero-order chi connectivity index (χ0) is 19.9. The minimum Gasteiger partial charge on any atom is -0.494 e. The summed E-state index contributed by atoms with van der Waals surface area (Å²) in [6.45, 7) is 3.66. The minimum absolute atomic E-state index is 0. The summed E-state index contributed by atoms with van der Waals surface area (Å²) in [4.78, 5) is 14.9. The molecule has 0 saturated carbocycles. The number of hydrogen-bond donors (Lipinski definition) is 1. The summed E-state index contributed by atoms with van der Waals surface area (Å²) in [6.07, 6.45) is 2.53. The Labute approximate surface area is 177 Å². The molecule has 1 heterocycles. The Balaban J connectivity index is 0.00000300. The molecule has 29 heavy (non-hydrogen) atoms. The van der Waals surface area contributed by atoms with Crippen LogP contribution in [0.5, 0.6) is 5.75 Å². The third kappa shape index (κ3) is 5.59. The van der Waals surface area contributed by atoms with Gasteiger partial charge in [-0.1, -0.05) is 36.4 Å². The predicted octanol–water partition coefficient (Wildman–Crippen LogP) is 3.60. The second kappa shape index (κ2) is 10.6. The van der Waals surface area contributed by atoms with E-state index in [-0.39, 0.29) is 18.3 Å². The zero-order valence-corrected chi connectivity index (χ0v) is 17.6. The molecule has 0 fully saturated rings. The van der Waals surface area contributed by atoms with Gasteiger partial charge >= 0.3 is 0 Å². The summed E-state index contributed by atoms with van der Waals surface area (Å²) < 4.78 is 7.12. The van der Waals surface area contributed by atoms with Crippen LogP contribution < -0.4 is 10.5 Å². The van der Waals surface area contributed by atoms with Crippen molar-refractivity contribution in [3.05, 3.63) is 77.6 Å². The van der Waals surface area contributed by atoms with Crippen molar-refractivity contribution < 1.29 is 9.53 Å². The van der Waals surface area contributed by atoms with E-state index in [0.29, 0.717) is 31.1 Å². The van der Waals surface area contributed by atoms with Crippen LogP contribution in [0.15, 0.2) is 60.8 Å². The lowest BCUT2D eigenvalue weighted by Crippen LogP contribution is -2.33. The Bertz CT molecular complexity index is 928. The molecular formula is C22H27ClN4O2. The maximum Gasteiger partial charge on any atom is 0.274 e. The molecule has 0 aliphatic heterocycles. The van der Waals surface area contributed by atoms with Crippen LogP contribution in [0.3, 0.4) is 0 Å². The first-order valence-electron chi connectivity index (χ1n) is 9.36. The number of aromatic nitrogens is 2. The van der Waals surface area contributed by atoms with Crippen LogP contribution in [-0.4, -0.2) is 40.8 Å². The second-order valence-corrected chi connectivity index (χ2v) is 6.68. The van der Waals surface area contributed by atoms with Gasteiger partial charge in [-0.2, -0.15) is 5.10 Å². The van der Waals surface area contributed by atoms with Crippen LogP contribution in [0, 0.1) is 6.92 Å². The van der Waals surface area contributed by atoms with Crippen molar-refractivity contribution in [3.63, 3.8) is 0 Å². The Morgan fingerprint density at radius 3 is 2.62 bits per heavy atom. The van der Waals surface area contributed by atoms with Gasteiger partial charge in [0.2, 0.25) is 0 Å². The summed E-state index contributed by atoms with van der Waals surface area (Å²) in [6, 6.07) is 17.5. The van der Waals surface area contributed by atoms with E-state index in [1.807, 2.05) is 55.5 Å². The zero-order valence-electron chi connectivity index (χ0n) is 16.7. The lowest BCUT2D eigenvalue weighted by Gasteiger charge is -2.21. The van der Waals surface area contributed by atoms with E-state index in [4.69, 9.17) is 10.5 Å². The number of carbonyl (C=O) groups is 1. The molecule has 3 rings (SSSR count). The maximum atomic E-state index is 13.1. The number of amides is 1. The molecule has 2 N–H and O–H groups in total. The van der Waals surface area contributed by atoms with Crippen molar-refractivity contribution in [2.24, 2.45) is 5.73 Å². The Hall–Kier alpha value is -2.83. The number of ether oxygens (including phenoxy) is 1. The lowest BCUT2D eigenvalue weighted by molar-refractivity contribution is 0.0736. The quantitative estimate of drug-likeness (QED) is 0.611. The second-order valence-electron chi connectivity index (χ2n) is 6.68. The Morgan fingerprint density at radius 1 is 1.17 bits per heavy atom. The molecule has 0 aliphatic carbocycles. The number of rotatable bonds is 8. The molecule has 7 heteroatoms. The standard InChI is InChI=1S/C22H26N4O2.ClH/c1-17-9-10-21(28-2)20(15-17)26-14-11-19(24-26)22(27)25(13-6-12-23)16-18-7-4-3-5-8-18;/h3-5,7-11,14-15H,6,12-13,16,23H2,1-2H3;1H. The summed E-state index contributed by atoms with van der Waals surface area (Å²) in [5.41, 5.74) is 9.03. The highest BCUT2D eigenvalue weighted by molar-refractivity contribution is 5.92. The molecule has 0 unspecified atom stereocenters. The summed E-state index contributed by atoms with van der Waals surface area (Å²) >= 11 is 0. The first-order valence-corrected chi connectivity index (χ1v) is 9.36. The number of methoxy groups -OCH3 is 1. The van der Waals surface area contributed by atoms with Crippen LogP contribution in [0.1, 0.15) is 28.0 Å². The van der Waals surface area contributed by atoms with Gasteiger partial charge in [-0.3, -0.25) is 4.79 Å². The fourth-order valence-corrected chi connectivity index (χ4v) is 3.05. The molecule has 0 atom stereocenters. The highest BCUT2D eigenvalue weighted by atomic mass is 35.5. The topological polar surface area (TPSA) is 73.4 Å². The Kier molecular flexibility index (Phi) is 8.24. The van der Waals surface area contributed by atoms with Gasteiger partial charge in [0.1, 0.15) is 11.4 Å². The first-order chi connectivity index (χ1) is 13.6. The van der Waals surface area contributed by atoms with Gasteiger partial charge in [0.05, 0.1) is 7.11 Å². The van der Waals surface area contributed by atoms with Crippen molar-refractivity contribution >= 4 is 18.3 Å². The Morgan fingerprint density at radius 2 is 1.93 bits per heavy atom. The number of halogens is 1. The van der Waals surface area contributed by atoms with E-state index < -0.39 is 0 Å². The fraction of sp³-hybridized carbons (Fsp3) is 0.273. The van der Waals surface area contributed by atoms with Crippen LogP contribution in [0.2, 0.25) is 0 Å². The van der Waals surface area contributed by atoms with E-state index in [9.17, 15) is 4.79 Å². The number of hydrogen-bond acceptors (Lipinski definition) is 4. The average molecular weight is 415 g/mol. The highest BCUT2D eigenvalue weighted by Gasteiger charge is 2.19. The van der Waals surface area contributed by atoms with Crippen LogP contribution in [0.25, 0.3) is 5.69 Å². The number of nitrogens with two attached hydrogens (primary N) is 1. The molecular weight excluding hydrogens is 388 g/mol. The van der Waals surface area contributed by atoms with Crippen LogP contribution in [0.4, 0.5) is 0 Å². The van der Waals surface area contributed by atoms with Crippen molar-refractivity contribution in [1.82, 2.24) is 14.7 Å². The van der Waals surface area contributed by atoms with E-state index in [1.165, 1.54) is 0 Å². The number of aryl methyl sites for hydroxylation is 1. The highest BCUT2D eigenvalue weighted by Crippen LogP contribution is 2.23. The average Bonchev–Trinajstić information content (AvgIpc) is 3.21. The maximum absolute atomic E-state index is 13.1. The molecule has 0 aliphatic rings. The molecule has 0 saturated heterocycles. The van der Waals surface area contributed by atoms with Gasteiger partial charge in [-0.15, -0.1) is 12.4 Å². The summed E-state index contributed by atoms with van der Waals surface area (Å²) in [5, 5.41) is 4.51. The van der Waals surface area contributed by atoms with Crippen molar-refractivity contribution in [2.45, 2.75) is 19.9 Å². The van der Waals surface area contributed by atoms with Gasteiger partial charge < -0.3 is 15.4 Å². The van der Waals surface area contributed by atoms with Crippen molar-refractivity contribution in [1.29, 1.82) is 0 Å². The van der Waals surface area contributed by atoms with Crippen LogP contribution in [-0.2, 0) is 6.54 Å². The number of carbonyl (C=O) groups excluding carboxylic acids is 1. The van der Waals surface area contributed by atoms with Gasteiger partial charge in [-0.25, -0.2) is 4.68 Å². The SMILES string of the molecule is COc1ccc(C)cc1-n1ccc(C(=O)N(CCCN)Cc2ccccc2)n1.Cl. The van der Waals surface area contributed by atoms with E-state index in [1.54, 1.807) is 29.0 Å². The predicted molar refractivity (Wildman–Crippen MR) is 117 cm³/mol. The lowest BCUT2D eigenvalue weighted by atomic mass is 10.2. The van der Waals surface area contributed by atoms with Gasteiger partial charge in [0.15, 0.2) is 5.69 Å². The summed E-state index contributed by atoms with van der Waals surface area (Å²) in [5.74, 6) is 0.597. The smallest absolute Gasteiger partial charge is 0.274 e. The largest absolute Gasteiger partial charge is 0.494 e. The fourth-order valence-electron chi connectivity index (χ4n) is 3.05. The normalized spacial score (nSPS) is 10.3. The molecule has 154 valence electrons. The van der Waals surface area contributed by atoms with Crippen molar-refractivity contribution in [2.75, 3.05) is 20.2 Å². The monoisotopic (exact) mass is 414 g/mol.